The molecule has 0 radical (unpaired) electrons. The molecule has 2 N–H and O–H groups in total. The maximum Gasteiger partial charge on any atom is 0.426 e. The highest BCUT2D eigenvalue weighted by Crippen LogP contribution is 2.65. The molecule has 0 heterocycles. The third-order valence-corrected chi connectivity index (χ3v) is 9.32. The van der Waals surface area contributed by atoms with E-state index < -0.39 is 121 Å². The monoisotopic (exact) mass is 666 g/mol. The van der Waals surface area contributed by atoms with Crippen molar-refractivity contribution in [3.8, 4) is 0 Å². The van der Waals surface area contributed by atoms with Crippen LogP contribution in [-0.4, -0.2) is 63.9 Å². The van der Waals surface area contributed by atoms with E-state index in [-0.39, 0.29) is 0 Å². The molecule has 0 aromatic carbocycles. The van der Waals surface area contributed by atoms with E-state index in [0.717, 1.165) is 20.8 Å². The van der Waals surface area contributed by atoms with Gasteiger partial charge in [0.05, 0.1) is 0 Å². The summed E-state index contributed by atoms with van der Waals surface area (Å²) in [6, 6.07) is 0. The van der Waals surface area contributed by atoms with Gasteiger partial charge in [-0.1, -0.05) is 6.92 Å². The molecule has 0 aromatic heterocycles. The van der Waals surface area contributed by atoms with E-state index in [9.17, 15) is 80.9 Å². The Hall–Kier alpha value is -1.66. The molecule has 43 heavy (non-hydrogen) atoms. The number of hydrogen-bond acceptors (Lipinski definition) is 4. The summed E-state index contributed by atoms with van der Waals surface area (Å²) in [6.45, 7) is 3.34. The fourth-order valence-electron chi connectivity index (χ4n) is 6.38. The lowest BCUT2D eigenvalue weighted by molar-refractivity contribution is -0.381. The molecule has 0 spiro atoms. The second kappa shape index (κ2) is 10.7. The molecule has 2 aliphatic rings. The van der Waals surface area contributed by atoms with Crippen LogP contribution in [0.4, 0.5) is 65.9 Å². The molecule has 0 aliphatic heterocycles. The molecule has 2 saturated carbocycles. The van der Waals surface area contributed by atoms with E-state index in [0.29, 0.717) is 6.92 Å². The van der Waals surface area contributed by atoms with Crippen LogP contribution in [0.25, 0.3) is 0 Å². The van der Waals surface area contributed by atoms with Gasteiger partial charge in [0.2, 0.25) is 0 Å². The Labute approximate surface area is 234 Å². The second-order valence-corrected chi connectivity index (χ2v) is 12.1. The minimum absolute atomic E-state index is 0.465. The first-order valence-electron chi connectivity index (χ1n) is 12.7. The van der Waals surface area contributed by atoms with Gasteiger partial charge in [-0.25, -0.2) is 0 Å². The normalized spacial score (nSPS) is 27.8. The molecule has 6 atom stereocenters. The van der Waals surface area contributed by atoms with E-state index in [1.54, 1.807) is 0 Å². The third kappa shape index (κ3) is 6.26. The minimum Gasteiger partial charge on any atom is -0.459 e. The van der Waals surface area contributed by atoms with Gasteiger partial charge in [-0.15, -0.1) is 0 Å². The van der Waals surface area contributed by atoms with Crippen molar-refractivity contribution >= 4 is 5.97 Å². The lowest BCUT2D eigenvalue weighted by Gasteiger charge is -2.47. The fraction of sp³-hybridized carbons (Fsp3) is 0.958. The van der Waals surface area contributed by atoms with Crippen LogP contribution < -0.4 is 0 Å². The van der Waals surface area contributed by atoms with Crippen LogP contribution >= 0.6 is 0 Å². The number of esters is 1. The molecule has 0 saturated heterocycles. The number of hydrogen-bond donors (Lipinski definition) is 2. The Kier molecular flexibility index (Phi) is 9.35. The number of aliphatic hydroxyl groups is 2. The number of fused-ring (bicyclic) bond motifs is 2. The number of ether oxygens (including phenoxy) is 1. The summed E-state index contributed by atoms with van der Waals surface area (Å²) in [6.07, 6.45) is -38.1. The van der Waals surface area contributed by atoms with Gasteiger partial charge < -0.3 is 14.9 Å². The minimum atomic E-state index is -6.52. The Morgan fingerprint density at radius 2 is 1.02 bits per heavy atom. The molecule has 0 amide bonds. The highest BCUT2D eigenvalue weighted by molar-refractivity contribution is 5.77. The van der Waals surface area contributed by atoms with Crippen LogP contribution in [0.3, 0.4) is 0 Å². The Bertz CT molecular complexity index is 996. The SMILES string of the molecule is CCC(C)(C(=O)OC(C)(C)C1CC2CC1C(CC(O)(C(F)(F)F)C(F)(F)F)C2CC(O)(C(F)(F)F)C(F)(F)F)C(F)(F)F. The summed E-state index contributed by atoms with van der Waals surface area (Å²) in [4.78, 5) is 12.6. The summed E-state index contributed by atoms with van der Waals surface area (Å²) in [5, 5.41) is 19.5. The summed E-state index contributed by atoms with van der Waals surface area (Å²) in [7, 11) is 0. The van der Waals surface area contributed by atoms with Gasteiger partial charge in [0.15, 0.2) is 5.41 Å². The molecule has 19 heteroatoms. The zero-order chi connectivity index (χ0) is 34.2. The van der Waals surface area contributed by atoms with Gasteiger partial charge >= 0.3 is 36.9 Å². The highest BCUT2D eigenvalue weighted by atomic mass is 19.4. The van der Waals surface area contributed by atoms with Crippen molar-refractivity contribution in [2.45, 2.75) is 107 Å². The van der Waals surface area contributed by atoms with Crippen LogP contribution in [0.15, 0.2) is 0 Å². The van der Waals surface area contributed by atoms with Crippen LogP contribution in [0.1, 0.15) is 59.8 Å². The number of carbonyl (C=O) groups is 1. The van der Waals surface area contributed by atoms with Gasteiger partial charge in [-0.2, -0.15) is 65.9 Å². The molecule has 0 aromatic rings. The molecule has 2 rings (SSSR count). The van der Waals surface area contributed by atoms with Crippen LogP contribution in [0, 0.1) is 35.0 Å². The Balaban J connectivity index is 2.62. The van der Waals surface area contributed by atoms with Crippen molar-refractivity contribution in [2.24, 2.45) is 35.0 Å². The van der Waals surface area contributed by atoms with Crippen molar-refractivity contribution in [1.82, 2.24) is 0 Å². The summed E-state index contributed by atoms with van der Waals surface area (Å²) in [5.74, 6) is -11.3. The summed E-state index contributed by atoms with van der Waals surface area (Å²) >= 11 is 0. The Morgan fingerprint density at radius 1 is 0.651 bits per heavy atom. The number of rotatable bonds is 8. The molecular formula is C24H29F15O4. The van der Waals surface area contributed by atoms with Gasteiger partial charge in [-0.05, 0) is 76.5 Å². The number of halogens is 15. The Morgan fingerprint density at radius 3 is 1.35 bits per heavy atom. The smallest absolute Gasteiger partial charge is 0.426 e. The molecule has 2 aliphatic carbocycles. The maximum atomic E-state index is 13.6. The van der Waals surface area contributed by atoms with E-state index in [1.807, 2.05) is 0 Å². The van der Waals surface area contributed by atoms with Crippen molar-refractivity contribution in [3.63, 3.8) is 0 Å². The molecular weight excluding hydrogens is 637 g/mol. The average Bonchev–Trinajstić information content (AvgIpc) is 3.34. The zero-order valence-corrected chi connectivity index (χ0v) is 22.8. The quantitative estimate of drug-likeness (QED) is 0.206. The molecule has 254 valence electrons. The largest absolute Gasteiger partial charge is 0.459 e. The first-order valence-corrected chi connectivity index (χ1v) is 12.7. The molecule has 2 bridgehead atoms. The average molecular weight is 666 g/mol. The van der Waals surface area contributed by atoms with Gasteiger partial charge in [0.25, 0.3) is 11.2 Å². The summed E-state index contributed by atoms with van der Waals surface area (Å²) < 4.78 is 208. The second-order valence-electron chi connectivity index (χ2n) is 12.1. The topological polar surface area (TPSA) is 66.8 Å². The molecule has 2 fully saturated rings. The lowest BCUT2D eigenvalue weighted by atomic mass is 9.63. The van der Waals surface area contributed by atoms with E-state index in [2.05, 4.69) is 0 Å². The van der Waals surface area contributed by atoms with Gasteiger partial charge in [-0.3, -0.25) is 4.79 Å². The van der Waals surface area contributed by atoms with Crippen molar-refractivity contribution in [2.75, 3.05) is 0 Å². The van der Waals surface area contributed by atoms with Crippen LogP contribution in [0.5, 0.6) is 0 Å². The molecule has 6 unspecified atom stereocenters. The first kappa shape index (κ1) is 37.5. The van der Waals surface area contributed by atoms with E-state index >= 15 is 0 Å². The highest BCUT2D eigenvalue weighted by Gasteiger charge is 2.75. The number of carbonyl (C=O) groups excluding carboxylic acids is 1. The van der Waals surface area contributed by atoms with Crippen molar-refractivity contribution < 1.29 is 85.6 Å². The summed E-state index contributed by atoms with van der Waals surface area (Å²) in [5.41, 5.74) is -16.4. The zero-order valence-electron chi connectivity index (χ0n) is 22.8. The maximum absolute atomic E-state index is 13.6. The van der Waals surface area contributed by atoms with E-state index in [1.165, 1.54) is 0 Å². The third-order valence-electron chi connectivity index (χ3n) is 9.32. The fourth-order valence-corrected chi connectivity index (χ4v) is 6.38. The van der Waals surface area contributed by atoms with Crippen LogP contribution in [0.2, 0.25) is 0 Å². The predicted molar refractivity (Wildman–Crippen MR) is 115 cm³/mol. The van der Waals surface area contributed by atoms with Gasteiger partial charge in [0, 0.05) is 5.92 Å². The van der Waals surface area contributed by atoms with E-state index in [4.69, 9.17) is 4.74 Å². The van der Waals surface area contributed by atoms with Crippen LogP contribution in [-0.2, 0) is 9.53 Å². The van der Waals surface area contributed by atoms with Gasteiger partial charge in [0.1, 0.15) is 5.60 Å². The predicted octanol–water partition coefficient (Wildman–Crippen LogP) is 7.67. The van der Waals surface area contributed by atoms with Crippen molar-refractivity contribution in [1.29, 1.82) is 0 Å². The standard InChI is InChI=1S/C24H29F15O4/c1-5-17(4,20(25,26)27)15(40)43-16(2,3)14-7-10-6-11(14)13(9-19(42,23(34,35)36)24(37,38)39)12(10)8-18(41,21(28,29)30)22(31,32)33/h10-14,41-42H,5-9H2,1-4H3. The first-order chi connectivity index (χ1) is 18.7. The number of alkyl halides is 15. The molecule has 4 nitrogen and oxygen atoms in total. The lowest BCUT2D eigenvalue weighted by Crippen LogP contribution is -2.61. The van der Waals surface area contributed by atoms with Crippen molar-refractivity contribution in [3.05, 3.63) is 0 Å².